The van der Waals surface area contributed by atoms with Gasteiger partial charge in [-0.1, -0.05) is 18.2 Å². The zero-order valence-corrected chi connectivity index (χ0v) is 14.6. The summed E-state index contributed by atoms with van der Waals surface area (Å²) in [6.07, 6.45) is 6.11. The number of benzene rings is 1. The monoisotopic (exact) mass is 329 g/mol. The molecule has 0 unspecified atom stereocenters. The van der Waals surface area contributed by atoms with Crippen LogP contribution in [-0.2, 0) is 0 Å². The van der Waals surface area contributed by atoms with Crippen molar-refractivity contribution in [3.63, 3.8) is 0 Å². The highest BCUT2D eigenvalue weighted by molar-refractivity contribution is 5.81. The highest BCUT2D eigenvalue weighted by atomic mass is 16.5. The molecule has 0 spiro atoms. The highest BCUT2D eigenvalue weighted by Gasteiger charge is 2.34. The minimum absolute atomic E-state index is 0.534. The van der Waals surface area contributed by atoms with Crippen LogP contribution in [-0.4, -0.2) is 55.4 Å². The first kappa shape index (κ1) is 16.8. The van der Waals surface area contributed by atoms with Crippen molar-refractivity contribution in [1.29, 1.82) is 0 Å². The predicted molar refractivity (Wildman–Crippen MR) is 97.3 cm³/mol. The van der Waals surface area contributed by atoms with Crippen LogP contribution in [0.25, 0.3) is 5.57 Å². The average molecular weight is 329 g/mol. The maximum atomic E-state index is 10.2. The number of methoxy groups -OCH3 is 1. The van der Waals surface area contributed by atoms with E-state index in [0.29, 0.717) is 6.54 Å². The molecule has 1 fully saturated rings. The smallest absolute Gasteiger partial charge is 0.194 e. The van der Waals surface area contributed by atoms with Crippen LogP contribution in [0.4, 0.5) is 0 Å². The van der Waals surface area contributed by atoms with Crippen molar-refractivity contribution in [3.05, 3.63) is 35.9 Å². The van der Waals surface area contributed by atoms with Crippen LogP contribution in [0.2, 0.25) is 0 Å². The topological polar surface area (TPSA) is 57.1 Å². The lowest BCUT2D eigenvalue weighted by Gasteiger charge is -2.38. The van der Waals surface area contributed by atoms with Crippen molar-refractivity contribution < 1.29 is 9.84 Å². The van der Waals surface area contributed by atoms with Gasteiger partial charge in [-0.05, 0) is 49.0 Å². The van der Waals surface area contributed by atoms with E-state index in [2.05, 4.69) is 33.4 Å². The van der Waals surface area contributed by atoms with Gasteiger partial charge in [-0.3, -0.25) is 4.99 Å². The second-order valence-electron chi connectivity index (χ2n) is 6.64. The average Bonchev–Trinajstić information content (AvgIpc) is 2.61. The largest absolute Gasteiger partial charge is 0.497 e. The predicted octanol–water partition coefficient (Wildman–Crippen LogP) is 2.27. The minimum atomic E-state index is -0.534. The van der Waals surface area contributed by atoms with Crippen molar-refractivity contribution in [2.75, 3.05) is 33.8 Å². The molecular formula is C19H27N3O2. The number of ether oxygens (including phenoxy) is 1. The summed E-state index contributed by atoms with van der Waals surface area (Å²) in [6.45, 7) is 2.33. The maximum Gasteiger partial charge on any atom is 0.194 e. The van der Waals surface area contributed by atoms with Crippen molar-refractivity contribution >= 4 is 11.5 Å². The second-order valence-corrected chi connectivity index (χ2v) is 6.64. The fourth-order valence-electron chi connectivity index (χ4n) is 3.28. The molecule has 3 rings (SSSR count). The summed E-state index contributed by atoms with van der Waals surface area (Å²) in [4.78, 5) is 6.60. The third kappa shape index (κ3) is 3.73. The summed E-state index contributed by atoms with van der Waals surface area (Å²) in [6, 6.07) is 8.21. The van der Waals surface area contributed by atoms with E-state index in [0.717, 1.165) is 50.5 Å². The van der Waals surface area contributed by atoms with Gasteiger partial charge in [0.25, 0.3) is 0 Å². The maximum absolute atomic E-state index is 10.2. The molecule has 1 aromatic rings. The molecule has 1 heterocycles. The lowest BCUT2D eigenvalue weighted by molar-refractivity contribution is -0.0282. The SMILES string of the molecule is CN=C(NCC1(O)CCC1)N1CC=C(c2cccc(OC)c2)CC1. The van der Waals surface area contributed by atoms with Gasteiger partial charge in [-0.2, -0.15) is 0 Å². The molecule has 1 aliphatic heterocycles. The Kier molecular flexibility index (Phi) is 5.09. The first-order chi connectivity index (χ1) is 11.6. The Morgan fingerprint density at radius 1 is 1.42 bits per heavy atom. The number of aliphatic imine (C=N–C) groups is 1. The summed E-state index contributed by atoms with van der Waals surface area (Å²) >= 11 is 0. The van der Waals surface area contributed by atoms with Gasteiger partial charge in [0.05, 0.1) is 12.7 Å². The molecule has 0 bridgehead atoms. The van der Waals surface area contributed by atoms with E-state index in [-0.39, 0.29) is 0 Å². The minimum Gasteiger partial charge on any atom is -0.497 e. The van der Waals surface area contributed by atoms with Gasteiger partial charge in [0.15, 0.2) is 5.96 Å². The van der Waals surface area contributed by atoms with Crippen molar-refractivity contribution in [2.45, 2.75) is 31.3 Å². The van der Waals surface area contributed by atoms with Crippen molar-refractivity contribution in [2.24, 2.45) is 4.99 Å². The van der Waals surface area contributed by atoms with Gasteiger partial charge >= 0.3 is 0 Å². The summed E-state index contributed by atoms with van der Waals surface area (Å²) < 4.78 is 5.31. The second kappa shape index (κ2) is 7.26. The number of nitrogens with zero attached hydrogens (tertiary/aromatic N) is 2. The molecule has 0 aromatic heterocycles. The lowest BCUT2D eigenvalue weighted by Crippen LogP contribution is -2.52. The first-order valence-electron chi connectivity index (χ1n) is 8.65. The third-order valence-electron chi connectivity index (χ3n) is 5.02. The number of hydrogen-bond acceptors (Lipinski definition) is 3. The van der Waals surface area contributed by atoms with Gasteiger partial charge in [-0.15, -0.1) is 0 Å². The third-order valence-corrected chi connectivity index (χ3v) is 5.02. The number of hydrogen-bond donors (Lipinski definition) is 2. The standard InChI is InChI=1S/C19H27N3O2/c1-20-18(21-14-19(23)9-4-10-19)22-11-7-15(8-12-22)16-5-3-6-17(13-16)24-2/h3,5-7,13,23H,4,8-12,14H2,1-2H3,(H,20,21). The molecule has 24 heavy (non-hydrogen) atoms. The van der Waals surface area contributed by atoms with E-state index < -0.39 is 5.60 Å². The molecule has 0 atom stereocenters. The molecule has 5 nitrogen and oxygen atoms in total. The number of aliphatic hydroxyl groups is 1. The Morgan fingerprint density at radius 2 is 2.25 bits per heavy atom. The molecule has 1 aromatic carbocycles. The Morgan fingerprint density at radius 3 is 2.83 bits per heavy atom. The van der Waals surface area contributed by atoms with Crippen molar-refractivity contribution in [1.82, 2.24) is 10.2 Å². The molecule has 1 saturated carbocycles. The van der Waals surface area contributed by atoms with E-state index in [1.54, 1.807) is 14.2 Å². The lowest BCUT2D eigenvalue weighted by atomic mass is 9.80. The summed E-state index contributed by atoms with van der Waals surface area (Å²) in [5.74, 6) is 1.76. The van der Waals surface area contributed by atoms with Crippen LogP contribution in [0, 0.1) is 0 Å². The molecule has 1 aliphatic carbocycles. The van der Waals surface area contributed by atoms with Crippen LogP contribution in [0.15, 0.2) is 35.3 Å². The summed E-state index contributed by atoms with van der Waals surface area (Å²) in [7, 11) is 3.50. The number of guanidine groups is 1. The molecule has 2 aliphatic rings. The Bertz CT molecular complexity index is 635. The van der Waals surface area contributed by atoms with Gasteiger partial charge < -0.3 is 20.1 Å². The summed E-state index contributed by atoms with van der Waals surface area (Å²) in [5.41, 5.74) is 2.03. The molecule has 0 radical (unpaired) electrons. The van der Waals surface area contributed by atoms with E-state index in [1.165, 1.54) is 11.1 Å². The van der Waals surface area contributed by atoms with Gasteiger partial charge in [0, 0.05) is 26.7 Å². The zero-order chi connectivity index (χ0) is 17.0. The molecule has 5 heteroatoms. The molecule has 2 N–H and O–H groups in total. The molecule has 0 saturated heterocycles. The fraction of sp³-hybridized carbons (Fsp3) is 0.526. The van der Waals surface area contributed by atoms with Crippen LogP contribution in [0.3, 0.4) is 0 Å². The normalized spacial score (nSPS) is 20.2. The number of nitrogens with one attached hydrogen (secondary N) is 1. The van der Waals surface area contributed by atoms with Crippen LogP contribution in [0.1, 0.15) is 31.2 Å². The van der Waals surface area contributed by atoms with E-state index in [4.69, 9.17) is 4.74 Å². The molecule has 130 valence electrons. The summed E-state index contributed by atoms with van der Waals surface area (Å²) in [5, 5.41) is 13.6. The van der Waals surface area contributed by atoms with Crippen LogP contribution in [0.5, 0.6) is 5.75 Å². The zero-order valence-electron chi connectivity index (χ0n) is 14.6. The Hall–Kier alpha value is -2.01. The van der Waals surface area contributed by atoms with Gasteiger partial charge in [0.2, 0.25) is 0 Å². The van der Waals surface area contributed by atoms with Crippen LogP contribution >= 0.6 is 0 Å². The van der Waals surface area contributed by atoms with Crippen LogP contribution < -0.4 is 10.1 Å². The quantitative estimate of drug-likeness (QED) is 0.657. The fourth-order valence-corrected chi connectivity index (χ4v) is 3.28. The Balaban J connectivity index is 1.60. The molecular weight excluding hydrogens is 302 g/mol. The first-order valence-corrected chi connectivity index (χ1v) is 8.65. The molecule has 0 amide bonds. The van der Waals surface area contributed by atoms with Crippen molar-refractivity contribution in [3.8, 4) is 5.75 Å². The highest BCUT2D eigenvalue weighted by Crippen LogP contribution is 2.30. The van der Waals surface area contributed by atoms with E-state index in [9.17, 15) is 5.11 Å². The number of rotatable bonds is 4. The van der Waals surface area contributed by atoms with E-state index in [1.807, 2.05) is 12.1 Å². The van der Waals surface area contributed by atoms with Gasteiger partial charge in [0.1, 0.15) is 5.75 Å². The van der Waals surface area contributed by atoms with E-state index >= 15 is 0 Å². The Labute approximate surface area is 144 Å². The van der Waals surface area contributed by atoms with Gasteiger partial charge in [-0.25, -0.2) is 0 Å².